The second kappa shape index (κ2) is 5.46. The van der Waals surface area contributed by atoms with Crippen LogP contribution in [0.15, 0.2) is 38.6 Å². The van der Waals surface area contributed by atoms with Gasteiger partial charge in [0.2, 0.25) is 0 Å². The highest BCUT2D eigenvalue weighted by molar-refractivity contribution is 9.13. The Balaban J connectivity index is 2.14. The summed E-state index contributed by atoms with van der Waals surface area (Å²) in [4.78, 5) is 12.8. The van der Waals surface area contributed by atoms with Crippen molar-refractivity contribution < 1.29 is 4.79 Å². The molecule has 17 heavy (non-hydrogen) atoms. The summed E-state index contributed by atoms with van der Waals surface area (Å²) in [5, 5.41) is 0. The topological polar surface area (TPSA) is 17.1 Å². The second-order valence-electron chi connectivity index (χ2n) is 3.82. The quantitative estimate of drug-likeness (QED) is 0.691. The maximum atomic E-state index is 12.0. The molecule has 1 heterocycles. The van der Waals surface area contributed by atoms with Gasteiger partial charge in [0.05, 0.1) is 8.66 Å². The van der Waals surface area contributed by atoms with E-state index < -0.39 is 0 Å². The molecular weight excluding hydrogens is 364 g/mol. The van der Waals surface area contributed by atoms with Crippen LogP contribution in [0.25, 0.3) is 0 Å². The van der Waals surface area contributed by atoms with Gasteiger partial charge in [0.1, 0.15) is 0 Å². The third kappa shape index (κ3) is 3.27. The summed E-state index contributed by atoms with van der Waals surface area (Å²) < 4.78 is 1.90. The van der Waals surface area contributed by atoms with Crippen LogP contribution in [0.2, 0.25) is 0 Å². The Bertz CT molecular complexity index is 524. The zero-order chi connectivity index (χ0) is 12.4. The minimum absolute atomic E-state index is 0.158. The molecular formula is C13H10Br2OS. The molecule has 1 aromatic heterocycles. The summed E-state index contributed by atoms with van der Waals surface area (Å²) >= 11 is 8.25. The number of ketones is 1. The zero-order valence-corrected chi connectivity index (χ0v) is 13.2. The number of aryl methyl sites for hydroxylation is 1. The van der Waals surface area contributed by atoms with Gasteiger partial charge in [-0.15, -0.1) is 11.3 Å². The van der Waals surface area contributed by atoms with E-state index in [0.29, 0.717) is 6.42 Å². The average Bonchev–Trinajstić information content (AvgIpc) is 2.63. The Kier molecular flexibility index (Phi) is 4.17. The van der Waals surface area contributed by atoms with Gasteiger partial charge in [-0.2, -0.15) is 0 Å². The third-order valence-corrected chi connectivity index (χ3v) is 5.70. The van der Waals surface area contributed by atoms with E-state index in [0.717, 1.165) is 18.7 Å². The molecule has 0 fully saturated rings. The van der Waals surface area contributed by atoms with Gasteiger partial charge in [-0.25, -0.2) is 0 Å². The number of Topliss-reactive ketones (excluding diaryl/α,β-unsaturated/α-hetero) is 1. The maximum absolute atomic E-state index is 12.0. The Morgan fingerprint density at radius 1 is 1.24 bits per heavy atom. The number of carbonyl (C=O) groups excluding carboxylic acids is 1. The molecule has 0 aliphatic heterocycles. The first-order chi connectivity index (χ1) is 8.06. The fourth-order valence-electron chi connectivity index (χ4n) is 1.46. The van der Waals surface area contributed by atoms with Crippen LogP contribution in [0.4, 0.5) is 0 Å². The Morgan fingerprint density at radius 2 is 1.88 bits per heavy atom. The number of carbonyl (C=O) groups is 1. The molecule has 1 nitrogen and oxygen atoms in total. The lowest BCUT2D eigenvalue weighted by Gasteiger charge is -1.99. The van der Waals surface area contributed by atoms with Crippen LogP contribution < -0.4 is 0 Å². The van der Waals surface area contributed by atoms with E-state index in [1.54, 1.807) is 0 Å². The van der Waals surface area contributed by atoms with Crippen LogP contribution >= 0.6 is 43.2 Å². The predicted octanol–water partition coefficient (Wildman–Crippen LogP) is 5.01. The van der Waals surface area contributed by atoms with Crippen LogP contribution in [0.3, 0.4) is 0 Å². The molecule has 0 N–H and O–H groups in total. The highest BCUT2D eigenvalue weighted by atomic mass is 79.9. The molecule has 0 amide bonds. The normalized spacial score (nSPS) is 10.5. The predicted molar refractivity (Wildman–Crippen MR) is 78.9 cm³/mol. The van der Waals surface area contributed by atoms with Gasteiger partial charge >= 0.3 is 0 Å². The third-order valence-electron chi connectivity index (χ3n) is 2.41. The molecule has 0 spiro atoms. The minimum Gasteiger partial charge on any atom is -0.293 e. The summed E-state index contributed by atoms with van der Waals surface area (Å²) in [7, 11) is 0. The van der Waals surface area contributed by atoms with E-state index in [2.05, 4.69) is 31.9 Å². The first-order valence-electron chi connectivity index (χ1n) is 5.10. The van der Waals surface area contributed by atoms with Gasteiger partial charge in [-0.05, 0) is 50.4 Å². The summed E-state index contributed by atoms with van der Waals surface area (Å²) in [5.74, 6) is 0.158. The van der Waals surface area contributed by atoms with Gasteiger partial charge in [0.15, 0.2) is 5.78 Å². The molecule has 0 aliphatic carbocycles. The molecule has 1 aromatic carbocycles. The Morgan fingerprint density at radius 3 is 2.41 bits per heavy atom. The first kappa shape index (κ1) is 13.0. The molecule has 88 valence electrons. The maximum Gasteiger partial charge on any atom is 0.177 e. The summed E-state index contributed by atoms with van der Waals surface area (Å²) in [6.45, 7) is 2.04. The van der Waals surface area contributed by atoms with Crippen molar-refractivity contribution in [2.45, 2.75) is 13.3 Å². The molecule has 0 saturated heterocycles. The van der Waals surface area contributed by atoms with Crippen LogP contribution in [0.1, 0.15) is 20.8 Å². The Labute approximate surface area is 121 Å². The molecule has 0 atom stereocenters. The number of rotatable bonds is 3. The fraction of sp³-hybridized carbons (Fsp3) is 0.154. The standard InChI is InChI=1S/C13H10Br2OS/c1-8-2-4-9(5-3-8)6-11(16)12-7-10(14)13(15)17-12/h2-5,7H,6H2,1H3. The fourth-order valence-corrected chi connectivity index (χ4v) is 3.44. The van der Waals surface area contributed by atoms with Gasteiger partial charge in [-0.1, -0.05) is 29.8 Å². The molecule has 0 bridgehead atoms. The number of hydrogen-bond donors (Lipinski definition) is 0. The molecule has 2 rings (SSSR count). The van der Waals surface area contributed by atoms with Crippen molar-refractivity contribution >= 4 is 49.0 Å². The summed E-state index contributed by atoms with van der Waals surface area (Å²) in [6, 6.07) is 9.94. The molecule has 0 aliphatic rings. The number of halogens is 2. The minimum atomic E-state index is 0.158. The smallest absolute Gasteiger partial charge is 0.177 e. The average molecular weight is 374 g/mol. The van der Waals surface area contributed by atoms with Crippen molar-refractivity contribution in [3.63, 3.8) is 0 Å². The van der Waals surface area contributed by atoms with Crippen LogP contribution in [0.5, 0.6) is 0 Å². The monoisotopic (exact) mass is 372 g/mol. The van der Waals surface area contributed by atoms with Gasteiger partial charge in [-0.3, -0.25) is 4.79 Å². The number of hydrogen-bond acceptors (Lipinski definition) is 2. The van der Waals surface area contributed by atoms with Crippen molar-refractivity contribution in [3.05, 3.63) is 54.6 Å². The number of thiophene rings is 1. The summed E-state index contributed by atoms with van der Waals surface area (Å²) in [5.41, 5.74) is 2.27. The van der Waals surface area contributed by atoms with Crippen LogP contribution in [-0.4, -0.2) is 5.78 Å². The first-order valence-corrected chi connectivity index (χ1v) is 7.50. The zero-order valence-electron chi connectivity index (χ0n) is 9.17. The van der Waals surface area contributed by atoms with Crippen molar-refractivity contribution in [1.82, 2.24) is 0 Å². The van der Waals surface area contributed by atoms with Crippen molar-refractivity contribution in [2.75, 3.05) is 0 Å². The molecule has 2 aromatic rings. The van der Waals surface area contributed by atoms with Gasteiger partial charge < -0.3 is 0 Å². The SMILES string of the molecule is Cc1ccc(CC(=O)c2cc(Br)c(Br)s2)cc1. The summed E-state index contributed by atoms with van der Waals surface area (Å²) in [6.07, 6.45) is 0.458. The molecule has 4 heteroatoms. The van der Waals surface area contributed by atoms with Crippen molar-refractivity contribution in [1.29, 1.82) is 0 Å². The number of benzene rings is 1. The lowest BCUT2D eigenvalue weighted by atomic mass is 10.1. The van der Waals surface area contributed by atoms with Crippen LogP contribution in [-0.2, 0) is 6.42 Å². The lowest BCUT2D eigenvalue weighted by Crippen LogP contribution is -2.00. The Hall–Kier alpha value is -0.450. The van der Waals surface area contributed by atoms with Gasteiger partial charge in [0, 0.05) is 10.9 Å². The van der Waals surface area contributed by atoms with Crippen molar-refractivity contribution in [3.8, 4) is 0 Å². The largest absolute Gasteiger partial charge is 0.293 e. The highest BCUT2D eigenvalue weighted by Gasteiger charge is 2.12. The van der Waals surface area contributed by atoms with E-state index in [-0.39, 0.29) is 5.78 Å². The molecule has 0 unspecified atom stereocenters. The van der Waals surface area contributed by atoms with E-state index in [1.165, 1.54) is 16.9 Å². The van der Waals surface area contributed by atoms with E-state index in [9.17, 15) is 4.79 Å². The lowest BCUT2D eigenvalue weighted by molar-refractivity contribution is 0.0997. The molecule has 0 saturated carbocycles. The van der Waals surface area contributed by atoms with E-state index >= 15 is 0 Å². The van der Waals surface area contributed by atoms with E-state index in [1.807, 2.05) is 37.3 Å². The van der Waals surface area contributed by atoms with Crippen LogP contribution in [0, 0.1) is 6.92 Å². The highest BCUT2D eigenvalue weighted by Crippen LogP contribution is 2.32. The van der Waals surface area contributed by atoms with Gasteiger partial charge in [0.25, 0.3) is 0 Å². The van der Waals surface area contributed by atoms with E-state index in [4.69, 9.17) is 0 Å². The van der Waals surface area contributed by atoms with Crippen molar-refractivity contribution in [2.24, 2.45) is 0 Å². The molecule has 0 radical (unpaired) electrons. The second-order valence-corrected chi connectivity index (χ2v) is 7.04.